The maximum absolute atomic E-state index is 12.5. The van der Waals surface area contributed by atoms with Crippen molar-refractivity contribution in [1.29, 1.82) is 0 Å². The number of carbonyl (C=O) groups excluding carboxylic acids is 1. The standard InChI is InChI=1S/C24H32N2O6Si/c1-24(2,3)33(4,5)30-16-19-18(32-22(28)12-11-17-9-7-6-8-10-17)15-21(31-19)26-14-13-20(27)25-23(26)29/h6-14,18-19,21H,15-16H2,1-5H3,(H,25,27,29)/b12-11+/t18-,19+,21+/m0/s1. The average molecular weight is 473 g/mol. The Morgan fingerprint density at radius 3 is 2.55 bits per heavy atom. The fourth-order valence-electron chi connectivity index (χ4n) is 3.22. The highest BCUT2D eigenvalue weighted by Crippen LogP contribution is 2.38. The van der Waals surface area contributed by atoms with E-state index in [9.17, 15) is 14.4 Å². The molecule has 9 heteroatoms. The number of nitrogens with one attached hydrogen (secondary N) is 1. The van der Waals surface area contributed by atoms with Gasteiger partial charge >= 0.3 is 11.7 Å². The fourth-order valence-corrected chi connectivity index (χ4v) is 4.24. The van der Waals surface area contributed by atoms with E-state index in [1.807, 2.05) is 30.3 Å². The van der Waals surface area contributed by atoms with Crippen molar-refractivity contribution in [1.82, 2.24) is 9.55 Å². The zero-order chi connectivity index (χ0) is 24.2. The summed E-state index contributed by atoms with van der Waals surface area (Å²) in [5.74, 6) is -0.501. The van der Waals surface area contributed by atoms with Crippen LogP contribution in [0.4, 0.5) is 0 Å². The smallest absolute Gasteiger partial charge is 0.331 e. The van der Waals surface area contributed by atoms with Gasteiger partial charge in [-0.05, 0) is 29.8 Å². The van der Waals surface area contributed by atoms with Gasteiger partial charge in [-0.1, -0.05) is 51.1 Å². The largest absolute Gasteiger partial charge is 0.456 e. The summed E-state index contributed by atoms with van der Waals surface area (Å²) < 4.78 is 19.4. The molecular weight excluding hydrogens is 440 g/mol. The van der Waals surface area contributed by atoms with Gasteiger partial charge in [-0.25, -0.2) is 9.59 Å². The van der Waals surface area contributed by atoms with Gasteiger partial charge in [0.15, 0.2) is 8.32 Å². The highest BCUT2D eigenvalue weighted by molar-refractivity contribution is 6.74. The van der Waals surface area contributed by atoms with Crippen LogP contribution >= 0.6 is 0 Å². The number of nitrogens with zero attached hydrogens (tertiary/aromatic N) is 1. The summed E-state index contributed by atoms with van der Waals surface area (Å²) in [6.07, 6.45) is 2.88. The SMILES string of the molecule is CC(C)(C)[Si](C)(C)OC[C@H]1O[C@@H](n2ccc(=O)[nH]c2=O)C[C@@H]1OC(=O)/C=C/c1ccccc1. The number of hydrogen-bond donors (Lipinski definition) is 1. The Morgan fingerprint density at radius 2 is 1.91 bits per heavy atom. The Hall–Kier alpha value is -2.75. The summed E-state index contributed by atoms with van der Waals surface area (Å²) in [4.78, 5) is 38.4. The fraction of sp³-hybridized carbons (Fsp3) is 0.458. The first-order valence-electron chi connectivity index (χ1n) is 11.0. The van der Waals surface area contributed by atoms with Crippen LogP contribution in [-0.4, -0.2) is 42.7 Å². The van der Waals surface area contributed by atoms with Crippen LogP contribution in [0.25, 0.3) is 6.08 Å². The van der Waals surface area contributed by atoms with E-state index in [1.165, 1.54) is 22.9 Å². The number of esters is 1. The van der Waals surface area contributed by atoms with Gasteiger partial charge in [0.1, 0.15) is 18.4 Å². The summed E-state index contributed by atoms with van der Waals surface area (Å²) >= 11 is 0. The molecule has 0 radical (unpaired) electrons. The number of aromatic amines is 1. The molecule has 0 bridgehead atoms. The van der Waals surface area contributed by atoms with Crippen molar-refractivity contribution >= 4 is 20.4 Å². The molecular formula is C24H32N2O6Si. The molecule has 3 rings (SSSR count). The molecule has 1 aromatic heterocycles. The second-order valence-corrected chi connectivity index (χ2v) is 14.5. The van der Waals surface area contributed by atoms with Crippen LogP contribution in [0, 0.1) is 0 Å². The van der Waals surface area contributed by atoms with Crippen LogP contribution in [0.15, 0.2) is 58.3 Å². The van der Waals surface area contributed by atoms with Crippen molar-refractivity contribution in [2.24, 2.45) is 0 Å². The number of hydrogen-bond acceptors (Lipinski definition) is 6. The molecule has 178 valence electrons. The monoisotopic (exact) mass is 472 g/mol. The third-order valence-corrected chi connectivity index (χ3v) is 10.7. The van der Waals surface area contributed by atoms with Crippen molar-refractivity contribution in [3.05, 3.63) is 75.1 Å². The molecule has 3 atom stereocenters. The molecule has 1 N–H and O–H groups in total. The highest BCUT2D eigenvalue weighted by Gasteiger charge is 2.43. The van der Waals surface area contributed by atoms with E-state index in [2.05, 4.69) is 38.8 Å². The normalized spacial score (nSPS) is 21.4. The predicted molar refractivity (Wildman–Crippen MR) is 128 cm³/mol. The van der Waals surface area contributed by atoms with E-state index in [1.54, 1.807) is 6.08 Å². The maximum Gasteiger partial charge on any atom is 0.331 e. The molecule has 1 fully saturated rings. The summed E-state index contributed by atoms with van der Waals surface area (Å²) in [5.41, 5.74) is -0.179. The van der Waals surface area contributed by atoms with E-state index >= 15 is 0 Å². The van der Waals surface area contributed by atoms with Crippen LogP contribution in [-0.2, 0) is 18.7 Å². The third-order valence-electron chi connectivity index (χ3n) is 6.24. The van der Waals surface area contributed by atoms with Gasteiger partial charge < -0.3 is 13.9 Å². The number of benzene rings is 1. The first-order valence-corrected chi connectivity index (χ1v) is 13.9. The molecule has 0 amide bonds. The zero-order valence-electron chi connectivity index (χ0n) is 19.7. The Bertz CT molecular complexity index is 1100. The zero-order valence-corrected chi connectivity index (χ0v) is 20.7. The van der Waals surface area contributed by atoms with Crippen LogP contribution in [0.5, 0.6) is 0 Å². The van der Waals surface area contributed by atoms with Gasteiger partial charge in [0.05, 0.1) is 6.61 Å². The van der Waals surface area contributed by atoms with Crippen molar-refractivity contribution in [2.45, 2.75) is 63.8 Å². The highest BCUT2D eigenvalue weighted by atomic mass is 28.4. The van der Waals surface area contributed by atoms with Gasteiger partial charge in [0, 0.05) is 24.8 Å². The minimum absolute atomic E-state index is 0.00541. The maximum atomic E-state index is 12.5. The van der Waals surface area contributed by atoms with Gasteiger partial charge in [0.25, 0.3) is 5.56 Å². The lowest BCUT2D eigenvalue weighted by molar-refractivity contribution is -0.146. The van der Waals surface area contributed by atoms with E-state index < -0.39 is 44.0 Å². The number of H-pyrrole nitrogens is 1. The van der Waals surface area contributed by atoms with Crippen molar-refractivity contribution in [2.75, 3.05) is 6.61 Å². The lowest BCUT2D eigenvalue weighted by Crippen LogP contribution is -2.44. The summed E-state index contributed by atoms with van der Waals surface area (Å²) in [6.45, 7) is 10.9. The van der Waals surface area contributed by atoms with Crippen molar-refractivity contribution in [3.63, 3.8) is 0 Å². The molecule has 0 unspecified atom stereocenters. The molecule has 0 aliphatic carbocycles. The second-order valence-electron chi connectivity index (χ2n) is 9.67. The molecule has 33 heavy (non-hydrogen) atoms. The van der Waals surface area contributed by atoms with Gasteiger partial charge in [-0.3, -0.25) is 14.3 Å². The Balaban J connectivity index is 1.76. The van der Waals surface area contributed by atoms with Gasteiger partial charge in [-0.2, -0.15) is 0 Å². The van der Waals surface area contributed by atoms with Gasteiger partial charge in [-0.15, -0.1) is 0 Å². The molecule has 8 nitrogen and oxygen atoms in total. The molecule has 0 saturated carbocycles. The average Bonchev–Trinajstić information content (AvgIpc) is 3.13. The molecule has 0 spiro atoms. The lowest BCUT2D eigenvalue weighted by Gasteiger charge is -2.37. The van der Waals surface area contributed by atoms with E-state index in [4.69, 9.17) is 13.9 Å². The first kappa shape index (κ1) is 24.9. The van der Waals surface area contributed by atoms with Gasteiger partial charge in [0.2, 0.25) is 0 Å². The minimum atomic E-state index is -2.07. The molecule has 1 aromatic carbocycles. The van der Waals surface area contributed by atoms with Crippen molar-refractivity contribution < 1.29 is 18.7 Å². The molecule has 1 aliphatic rings. The summed E-state index contributed by atoms with van der Waals surface area (Å²) in [5, 5.41) is 0.00541. The van der Waals surface area contributed by atoms with E-state index in [-0.39, 0.29) is 18.1 Å². The van der Waals surface area contributed by atoms with Crippen LogP contribution in [0.3, 0.4) is 0 Å². The second kappa shape index (κ2) is 10.0. The minimum Gasteiger partial charge on any atom is -0.456 e. The van der Waals surface area contributed by atoms with Crippen LogP contribution in [0.2, 0.25) is 18.1 Å². The van der Waals surface area contributed by atoms with Crippen LogP contribution < -0.4 is 11.2 Å². The molecule has 2 heterocycles. The number of ether oxygens (including phenoxy) is 2. The Labute approximate surface area is 194 Å². The van der Waals surface area contributed by atoms with Crippen molar-refractivity contribution in [3.8, 4) is 0 Å². The Morgan fingerprint density at radius 1 is 1.21 bits per heavy atom. The topological polar surface area (TPSA) is 99.6 Å². The number of carbonyl (C=O) groups is 1. The Kier molecular flexibility index (Phi) is 7.56. The first-order chi connectivity index (χ1) is 15.5. The third kappa shape index (κ3) is 6.40. The van der Waals surface area contributed by atoms with E-state index in [0.29, 0.717) is 0 Å². The number of aromatic nitrogens is 2. The summed E-state index contributed by atoms with van der Waals surface area (Å²) in [7, 11) is -2.07. The lowest BCUT2D eigenvalue weighted by atomic mass is 10.2. The molecule has 1 aliphatic heterocycles. The molecule has 1 saturated heterocycles. The quantitative estimate of drug-likeness (QED) is 0.376. The van der Waals surface area contributed by atoms with E-state index in [0.717, 1.165) is 5.56 Å². The summed E-state index contributed by atoms with van der Waals surface area (Å²) in [6, 6.07) is 10.7. The number of rotatable bonds is 7. The molecule has 2 aromatic rings. The predicted octanol–water partition coefficient (Wildman–Crippen LogP) is 3.47. The van der Waals surface area contributed by atoms with Crippen LogP contribution in [0.1, 0.15) is 39.0 Å².